The minimum atomic E-state index is -0.797. The normalized spacial score (nSPS) is 13.0. The fourth-order valence-corrected chi connectivity index (χ4v) is 2.60. The predicted octanol–water partition coefficient (Wildman–Crippen LogP) is 3.62. The number of benzene rings is 1. The topological polar surface area (TPSA) is 78.9 Å². The van der Waals surface area contributed by atoms with E-state index in [1.807, 2.05) is 70.8 Å². The van der Waals surface area contributed by atoms with Crippen LogP contribution in [0, 0.1) is 5.92 Å². The molecule has 1 aromatic carbocycles. The molecule has 0 heterocycles. The maximum absolute atomic E-state index is 11.7. The van der Waals surface area contributed by atoms with Gasteiger partial charge in [-0.05, 0) is 57.9 Å². The van der Waals surface area contributed by atoms with Gasteiger partial charge >= 0.3 is 12.1 Å². The lowest BCUT2D eigenvalue weighted by Gasteiger charge is -2.27. The Balaban J connectivity index is 2.57. The summed E-state index contributed by atoms with van der Waals surface area (Å²) in [5.74, 6) is -0.752. The van der Waals surface area contributed by atoms with E-state index in [1.54, 1.807) is 0 Å². The fourth-order valence-electron chi connectivity index (χ4n) is 2.60. The molecule has 2 N–H and O–H groups in total. The van der Waals surface area contributed by atoms with E-state index in [-0.39, 0.29) is 5.92 Å². The van der Waals surface area contributed by atoms with Crippen molar-refractivity contribution in [2.24, 2.45) is 5.92 Å². The van der Waals surface area contributed by atoms with Gasteiger partial charge < -0.3 is 9.84 Å². The van der Waals surface area contributed by atoms with Gasteiger partial charge in [-0.3, -0.25) is 15.0 Å². The highest BCUT2D eigenvalue weighted by molar-refractivity contribution is 5.84. The number of ether oxygens (including phenoxy) is 1. The molecule has 25 heavy (non-hydrogen) atoms. The average molecular weight is 350 g/mol. The molecule has 0 aromatic heterocycles. The quantitative estimate of drug-likeness (QED) is 0.785. The number of rotatable bonds is 7. The second kappa shape index (κ2) is 8.85. The highest BCUT2D eigenvalue weighted by atomic mass is 16.6. The van der Waals surface area contributed by atoms with Crippen molar-refractivity contribution >= 4 is 17.7 Å². The van der Waals surface area contributed by atoms with E-state index in [2.05, 4.69) is 5.32 Å². The molecule has 0 bridgehead atoms. The maximum atomic E-state index is 11.7. The van der Waals surface area contributed by atoms with Gasteiger partial charge in [-0.2, -0.15) is 0 Å². The lowest BCUT2D eigenvalue weighted by atomic mass is 10.0. The summed E-state index contributed by atoms with van der Waals surface area (Å²) in [6, 6.07) is 6.98. The van der Waals surface area contributed by atoms with Gasteiger partial charge in [-0.1, -0.05) is 26.0 Å². The van der Waals surface area contributed by atoms with Crippen molar-refractivity contribution in [2.75, 3.05) is 18.9 Å². The lowest BCUT2D eigenvalue weighted by molar-refractivity contribution is -0.144. The maximum Gasteiger partial charge on any atom is 0.412 e. The molecule has 0 aliphatic heterocycles. The number of carboxylic acid groups (broad SMARTS) is 1. The Morgan fingerprint density at radius 3 is 2.20 bits per heavy atom. The number of nitrogens with one attached hydrogen (secondary N) is 1. The molecule has 140 valence electrons. The number of carboxylic acids is 1. The summed E-state index contributed by atoms with van der Waals surface area (Å²) in [6.45, 7) is 9.90. The van der Waals surface area contributed by atoms with E-state index in [4.69, 9.17) is 4.74 Å². The number of amides is 1. The smallest absolute Gasteiger partial charge is 0.412 e. The second-order valence-corrected chi connectivity index (χ2v) is 7.58. The lowest BCUT2D eigenvalue weighted by Crippen LogP contribution is -2.43. The van der Waals surface area contributed by atoms with Crippen molar-refractivity contribution in [3.05, 3.63) is 29.8 Å². The van der Waals surface area contributed by atoms with Crippen LogP contribution in [0.3, 0.4) is 0 Å². The Hall–Kier alpha value is -2.08. The minimum absolute atomic E-state index is 0.0444. The number of hydrogen-bond acceptors (Lipinski definition) is 4. The van der Waals surface area contributed by atoms with Gasteiger partial charge in [0, 0.05) is 12.2 Å². The largest absolute Gasteiger partial charge is 0.480 e. The van der Waals surface area contributed by atoms with Gasteiger partial charge in [0.15, 0.2) is 0 Å². The minimum Gasteiger partial charge on any atom is -0.480 e. The van der Waals surface area contributed by atoms with Crippen LogP contribution < -0.4 is 5.32 Å². The van der Waals surface area contributed by atoms with Crippen LogP contribution in [0.25, 0.3) is 0 Å². The second-order valence-electron chi connectivity index (χ2n) is 7.58. The first-order valence-electron chi connectivity index (χ1n) is 8.51. The van der Waals surface area contributed by atoms with Crippen LogP contribution in [0.4, 0.5) is 10.5 Å². The molecule has 0 fully saturated rings. The van der Waals surface area contributed by atoms with Crippen LogP contribution in [0.1, 0.15) is 40.2 Å². The third-order valence-electron chi connectivity index (χ3n) is 3.71. The van der Waals surface area contributed by atoms with Gasteiger partial charge in [0.1, 0.15) is 11.6 Å². The average Bonchev–Trinajstić information content (AvgIpc) is 2.43. The van der Waals surface area contributed by atoms with Gasteiger partial charge in [-0.25, -0.2) is 4.79 Å². The molecule has 0 saturated carbocycles. The molecule has 6 nitrogen and oxygen atoms in total. The first-order valence-corrected chi connectivity index (χ1v) is 8.51. The predicted molar refractivity (Wildman–Crippen MR) is 98.9 cm³/mol. The molecule has 0 aliphatic carbocycles. The first-order chi connectivity index (χ1) is 11.5. The highest BCUT2D eigenvalue weighted by Gasteiger charge is 2.25. The number of carbonyl (C=O) groups is 2. The van der Waals surface area contributed by atoms with E-state index in [9.17, 15) is 14.7 Å². The van der Waals surface area contributed by atoms with Crippen LogP contribution in [0.5, 0.6) is 0 Å². The Kier molecular flexibility index (Phi) is 7.42. The molecule has 1 atom stereocenters. The molecule has 0 radical (unpaired) electrons. The standard InChI is InChI=1S/C19H30N2O4/c1-13(2)16(17(22)23)21(6)12-11-14-7-9-15(10-8-14)20-18(24)25-19(3,4)5/h7-10,13,16H,11-12H2,1-6H3,(H,20,24)(H,22,23)/t16-/m0/s1. The van der Waals surface area contributed by atoms with Crippen LogP contribution in [-0.4, -0.2) is 47.3 Å². The SMILES string of the molecule is CC(C)[C@@H](C(=O)O)N(C)CCc1ccc(NC(=O)OC(C)(C)C)cc1. The van der Waals surface area contributed by atoms with Crippen molar-refractivity contribution in [3.8, 4) is 0 Å². The number of nitrogens with zero attached hydrogens (tertiary/aromatic N) is 1. The molecule has 0 unspecified atom stereocenters. The molecular weight excluding hydrogens is 320 g/mol. The Morgan fingerprint density at radius 1 is 1.20 bits per heavy atom. The molecule has 1 rings (SSSR count). The van der Waals surface area contributed by atoms with Gasteiger partial charge in [0.2, 0.25) is 0 Å². The van der Waals surface area contributed by atoms with E-state index in [1.165, 1.54) is 0 Å². The summed E-state index contributed by atoms with van der Waals surface area (Å²) in [5, 5.41) is 12.0. The summed E-state index contributed by atoms with van der Waals surface area (Å²) in [7, 11) is 1.83. The summed E-state index contributed by atoms with van der Waals surface area (Å²) >= 11 is 0. The van der Waals surface area contributed by atoms with Crippen molar-refractivity contribution in [1.29, 1.82) is 0 Å². The van der Waals surface area contributed by atoms with Crippen molar-refractivity contribution < 1.29 is 19.4 Å². The van der Waals surface area contributed by atoms with Crippen molar-refractivity contribution in [2.45, 2.75) is 52.7 Å². The van der Waals surface area contributed by atoms with E-state index >= 15 is 0 Å². The number of likely N-dealkylation sites (N-methyl/N-ethyl adjacent to an activating group) is 1. The Morgan fingerprint density at radius 2 is 1.76 bits per heavy atom. The monoisotopic (exact) mass is 350 g/mol. The summed E-state index contributed by atoms with van der Waals surface area (Å²) in [4.78, 5) is 24.9. The van der Waals surface area contributed by atoms with Crippen LogP contribution in [0.15, 0.2) is 24.3 Å². The molecule has 0 spiro atoms. The summed E-state index contributed by atoms with van der Waals surface area (Å²) in [5.41, 5.74) is 1.21. The molecular formula is C19H30N2O4. The fraction of sp³-hybridized carbons (Fsp3) is 0.579. The van der Waals surface area contributed by atoms with Crippen LogP contribution >= 0.6 is 0 Å². The highest BCUT2D eigenvalue weighted by Crippen LogP contribution is 2.15. The first kappa shape index (κ1) is 21.0. The van der Waals surface area contributed by atoms with Gasteiger partial charge in [0.25, 0.3) is 0 Å². The van der Waals surface area contributed by atoms with Crippen LogP contribution in [-0.2, 0) is 16.0 Å². The molecule has 0 aliphatic rings. The van der Waals surface area contributed by atoms with Crippen LogP contribution in [0.2, 0.25) is 0 Å². The Bertz CT molecular complexity index is 576. The summed E-state index contributed by atoms with van der Waals surface area (Å²) < 4.78 is 5.21. The zero-order chi connectivity index (χ0) is 19.2. The van der Waals surface area contributed by atoms with Gasteiger partial charge in [-0.15, -0.1) is 0 Å². The zero-order valence-electron chi connectivity index (χ0n) is 16.0. The number of hydrogen-bond donors (Lipinski definition) is 2. The third kappa shape index (κ3) is 7.56. The molecule has 0 saturated heterocycles. The van der Waals surface area contributed by atoms with Crippen molar-refractivity contribution in [3.63, 3.8) is 0 Å². The molecule has 1 amide bonds. The molecule has 6 heteroatoms. The summed E-state index contributed by atoms with van der Waals surface area (Å²) in [6.07, 6.45) is 0.251. The number of anilines is 1. The Labute approximate surface area is 150 Å². The zero-order valence-corrected chi connectivity index (χ0v) is 16.0. The van der Waals surface area contributed by atoms with Gasteiger partial charge in [0.05, 0.1) is 0 Å². The van der Waals surface area contributed by atoms with Crippen molar-refractivity contribution in [1.82, 2.24) is 4.90 Å². The van der Waals surface area contributed by atoms with E-state index in [0.717, 1.165) is 12.0 Å². The number of carbonyl (C=O) groups excluding carboxylic acids is 1. The molecule has 1 aromatic rings. The number of aliphatic carboxylic acids is 1. The third-order valence-corrected chi connectivity index (χ3v) is 3.71. The van der Waals surface area contributed by atoms with E-state index in [0.29, 0.717) is 12.2 Å². The van der Waals surface area contributed by atoms with E-state index < -0.39 is 23.7 Å².